The predicted octanol–water partition coefficient (Wildman–Crippen LogP) is 2.58. The number of H-pyrrole nitrogens is 1. The van der Waals surface area contributed by atoms with Crippen LogP contribution in [0.2, 0.25) is 0 Å². The van der Waals surface area contributed by atoms with Crippen LogP contribution in [0.4, 0.5) is 0 Å². The summed E-state index contributed by atoms with van der Waals surface area (Å²) in [4.78, 5) is 14.6. The van der Waals surface area contributed by atoms with Gasteiger partial charge in [0.05, 0.1) is 0 Å². The molecule has 0 saturated heterocycles. The quantitative estimate of drug-likeness (QED) is 0.676. The largest absolute Gasteiger partial charge is 0.366 e. The fourth-order valence-corrected chi connectivity index (χ4v) is 2.74. The van der Waals surface area contributed by atoms with E-state index in [1.165, 1.54) is 16.5 Å². The zero-order valence-electron chi connectivity index (χ0n) is 12.5. The van der Waals surface area contributed by atoms with Crippen LogP contribution >= 0.6 is 0 Å². The van der Waals surface area contributed by atoms with E-state index in [0.717, 1.165) is 24.0 Å². The van der Waals surface area contributed by atoms with Crippen molar-refractivity contribution in [1.82, 2.24) is 10.3 Å². The van der Waals surface area contributed by atoms with E-state index in [4.69, 9.17) is 5.73 Å². The number of fused-ring (bicyclic) bond motifs is 1. The molecule has 3 aromatic rings. The summed E-state index contributed by atoms with van der Waals surface area (Å²) in [5, 5.41) is 4.36. The van der Waals surface area contributed by atoms with E-state index in [9.17, 15) is 4.79 Å². The maximum atomic E-state index is 11.4. The SMILES string of the molecule is CNCc1ccc(C(N)=O)cc1Cc1ccc2[nH]ccc2c1. The summed E-state index contributed by atoms with van der Waals surface area (Å²) in [5.74, 6) is -0.390. The Morgan fingerprint density at radius 2 is 2.00 bits per heavy atom. The smallest absolute Gasteiger partial charge is 0.248 e. The van der Waals surface area contributed by atoms with Gasteiger partial charge in [0.15, 0.2) is 0 Å². The van der Waals surface area contributed by atoms with E-state index in [1.54, 1.807) is 6.07 Å². The highest BCUT2D eigenvalue weighted by Crippen LogP contribution is 2.20. The van der Waals surface area contributed by atoms with Crippen molar-refractivity contribution in [3.8, 4) is 0 Å². The predicted molar refractivity (Wildman–Crippen MR) is 88.8 cm³/mol. The Hall–Kier alpha value is -2.59. The molecule has 22 heavy (non-hydrogen) atoms. The van der Waals surface area contributed by atoms with Crippen LogP contribution in [0, 0.1) is 0 Å². The number of nitrogens with one attached hydrogen (secondary N) is 2. The lowest BCUT2D eigenvalue weighted by Crippen LogP contribution is -2.13. The third kappa shape index (κ3) is 2.87. The van der Waals surface area contributed by atoms with Crippen LogP contribution in [0.1, 0.15) is 27.0 Å². The Balaban J connectivity index is 1.97. The van der Waals surface area contributed by atoms with Gasteiger partial charge in [-0.25, -0.2) is 0 Å². The minimum atomic E-state index is -0.390. The van der Waals surface area contributed by atoms with Gasteiger partial charge in [0.25, 0.3) is 0 Å². The monoisotopic (exact) mass is 293 g/mol. The third-order valence-electron chi connectivity index (χ3n) is 3.87. The van der Waals surface area contributed by atoms with Gasteiger partial charge in [0.2, 0.25) is 5.91 Å². The Bertz CT molecular complexity index is 820. The number of aromatic nitrogens is 1. The van der Waals surface area contributed by atoms with E-state index >= 15 is 0 Å². The molecule has 0 saturated carbocycles. The van der Waals surface area contributed by atoms with Crippen LogP contribution in [0.3, 0.4) is 0 Å². The molecule has 0 unspecified atom stereocenters. The van der Waals surface area contributed by atoms with Crippen molar-refractivity contribution in [2.75, 3.05) is 7.05 Å². The van der Waals surface area contributed by atoms with Crippen molar-refractivity contribution in [1.29, 1.82) is 0 Å². The van der Waals surface area contributed by atoms with E-state index in [0.29, 0.717) is 5.56 Å². The van der Waals surface area contributed by atoms with Gasteiger partial charge in [0.1, 0.15) is 0 Å². The second kappa shape index (κ2) is 6.03. The van der Waals surface area contributed by atoms with E-state index in [-0.39, 0.29) is 0 Å². The average molecular weight is 293 g/mol. The summed E-state index contributed by atoms with van der Waals surface area (Å²) >= 11 is 0. The second-order valence-electron chi connectivity index (χ2n) is 5.45. The molecule has 0 radical (unpaired) electrons. The van der Waals surface area contributed by atoms with Crippen molar-refractivity contribution in [3.05, 3.63) is 70.9 Å². The number of carbonyl (C=O) groups is 1. The fourth-order valence-electron chi connectivity index (χ4n) is 2.74. The van der Waals surface area contributed by atoms with Crippen molar-refractivity contribution in [2.24, 2.45) is 5.73 Å². The van der Waals surface area contributed by atoms with Gasteiger partial charge in [-0.15, -0.1) is 0 Å². The van der Waals surface area contributed by atoms with Crippen molar-refractivity contribution >= 4 is 16.8 Å². The molecule has 0 bridgehead atoms. The highest BCUT2D eigenvalue weighted by atomic mass is 16.1. The number of primary amides is 1. The lowest BCUT2D eigenvalue weighted by molar-refractivity contribution is 0.1000. The topological polar surface area (TPSA) is 70.9 Å². The van der Waals surface area contributed by atoms with Gasteiger partial charge < -0.3 is 16.0 Å². The Kier molecular flexibility index (Phi) is 3.94. The van der Waals surface area contributed by atoms with Crippen molar-refractivity contribution < 1.29 is 4.79 Å². The molecule has 0 atom stereocenters. The first-order chi connectivity index (χ1) is 10.7. The van der Waals surface area contributed by atoms with E-state index in [2.05, 4.69) is 34.6 Å². The third-order valence-corrected chi connectivity index (χ3v) is 3.87. The summed E-state index contributed by atoms with van der Waals surface area (Å²) in [6.07, 6.45) is 2.72. The standard InChI is InChI=1S/C18H19N3O/c1-20-11-15-4-3-14(18(19)22)10-16(15)9-12-2-5-17-13(8-12)6-7-21-17/h2-8,10,20-21H,9,11H2,1H3,(H2,19,22). The molecule has 4 heteroatoms. The van der Waals surface area contributed by atoms with Crippen LogP contribution in [-0.4, -0.2) is 17.9 Å². The number of aromatic amines is 1. The molecule has 0 aliphatic rings. The molecule has 0 fully saturated rings. The Morgan fingerprint density at radius 1 is 1.14 bits per heavy atom. The number of benzene rings is 2. The molecule has 4 nitrogen and oxygen atoms in total. The van der Waals surface area contributed by atoms with Crippen LogP contribution in [-0.2, 0) is 13.0 Å². The van der Waals surface area contributed by atoms with Gasteiger partial charge in [-0.3, -0.25) is 4.79 Å². The summed E-state index contributed by atoms with van der Waals surface area (Å²) in [7, 11) is 1.91. The molecule has 1 heterocycles. The zero-order chi connectivity index (χ0) is 15.5. The molecular weight excluding hydrogens is 274 g/mol. The van der Waals surface area contributed by atoms with E-state index < -0.39 is 5.91 Å². The molecule has 3 rings (SSSR count). The highest BCUT2D eigenvalue weighted by Gasteiger charge is 2.08. The molecule has 1 aromatic heterocycles. The lowest BCUT2D eigenvalue weighted by Gasteiger charge is -2.11. The van der Waals surface area contributed by atoms with Crippen LogP contribution in [0.25, 0.3) is 10.9 Å². The second-order valence-corrected chi connectivity index (χ2v) is 5.45. The molecular formula is C18H19N3O. The van der Waals surface area contributed by atoms with Gasteiger partial charge >= 0.3 is 0 Å². The molecule has 0 spiro atoms. The average Bonchev–Trinajstić information content (AvgIpc) is 2.96. The normalized spacial score (nSPS) is 11.0. The van der Waals surface area contributed by atoms with Gasteiger partial charge in [0, 0.05) is 23.8 Å². The van der Waals surface area contributed by atoms with Crippen LogP contribution < -0.4 is 11.1 Å². The Morgan fingerprint density at radius 3 is 2.77 bits per heavy atom. The summed E-state index contributed by atoms with van der Waals surface area (Å²) < 4.78 is 0. The molecule has 2 aromatic carbocycles. The fraction of sp³-hybridized carbons (Fsp3) is 0.167. The number of hydrogen-bond donors (Lipinski definition) is 3. The molecule has 4 N–H and O–H groups in total. The molecule has 0 aliphatic carbocycles. The molecule has 112 valence electrons. The number of amides is 1. The minimum Gasteiger partial charge on any atom is -0.366 e. The highest BCUT2D eigenvalue weighted by molar-refractivity contribution is 5.93. The lowest BCUT2D eigenvalue weighted by atomic mass is 9.96. The maximum Gasteiger partial charge on any atom is 0.248 e. The summed E-state index contributed by atoms with van der Waals surface area (Å²) in [6, 6.07) is 14.1. The summed E-state index contributed by atoms with van der Waals surface area (Å²) in [5.41, 5.74) is 10.6. The van der Waals surface area contributed by atoms with E-state index in [1.807, 2.05) is 25.4 Å². The Labute approximate surface area is 129 Å². The van der Waals surface area contributed by atoms with Gasteiger partial charge in [-0.1, -0.05) is 12.1 Å². The van der Waals surface area contributed by atoms with Crippen LogP contribution in [0.5, 0.6) is 0 Å². The zero-order valence-corrected chi connectivity index (χ0v) is 12.5. The molecule has 0 aliphatic heterocycles. The van der Waals surface area contributed by atoms with Crippen LogP contribution in [0.15, 0.2) is 48.7 Å². The van der Waals surface area contributed by atoms with Crippen molar-refractivity contribution in [2.45, 2.75) is 13.0 Å². The number of rotatable bonds is 5. The minimum absolute atomic E-state index is 0.390. The first kappa shape index (κ1) is 14.4. The number of hydrogen-bond acceptors (Lipinski definition) is 2. The maximum absolute atomic E-state index is 11.4. The van der Waals surface area contributed by atoms with Gasteiger partial charge in [-0.05, 0) is 65.9 Å². The number of nitrogens with two attached hydrogens (primary N) is 1. The molecule has 1 amide bonds. The van der Waals surface area contributed by atoms with Crippen molar-refractivity contribution in [3.63, 3.8) is 0 Å². The van der Waals surface area contributed by atoms with Gasteiger partial charge in [-0.2, -0.15) is 0 Å². The first-order valence-electron chi connectivity index (χ1n) is 7.29. The number of carbonyl (C=O) groups excluding carboxylic acids is 1. The first-order valence-corrected chi connectivity index (χ1v) is 7.29. The summed E-state index contributed by atoms with van der Waals surface area (Å²) in [6.45, 7) is 0.765.